The second-order valence-electron chi connectivity index (χ2n) is 11.7. The van der Waals surface area contributed by atoms with E-state index in [1.807, 2.05) is 29.0 Å². The molecule has 1 aromatic heterocycles. The molecule has 9 nitrogen and oxygen atoms in total. The maximum absolute atomic E-state index is 13.5. The van der Waals surface area contributed by atoms with E-state index in [1.54, 1.807) is 7.11 Å². The maximum Gasteiger partial charge on any atom is 0.323 e. The third kappa shape index (κ3) is 6.71. The smallest absolute Gasteiger partial charge is 0.323 e. The van der Waals surface area contributed by atoms with Crippen LogP contribution in [0.5, 0.6) is 5.75 Å². The van der Waals surface area contributed by atoms with Gasteiger partial charge in [0.2, 0.25) is 0 Å². The average Bonchev–Trinajstić information content (AvgIpc) is 3.45. The zero-order chi connectivity index (χ0) is 28.1. The molecular formula is C30H44N6O3S. The molecule has 3 heterocycles. The molecule has 0 spiro atoms. The molecule has 1 aromatic carbocycles. The van der Waals surface area contributed by atoms with Gasteiger partial charge in [0.1, 0.15) is 5.75 Å². The largest absolute Gasteiger partial charge is 0.496 e. The fourth-order valence-electron chi connectivity index (χ4n) is 6.48. The number of anilines is 1. The van der Waals surface area contributed by atoms with Gasteiger partial charge in [-0.05, 0) is 69.1 Å². The van der Waals surface area contributed by atoms with Crippen molar-refractivity contribution in [2.24, 2.45) is 5.92 Å². The van der Waals surface area contributed by atoms with E-state index in [4.69, 9.17) is 9.72 Å². The van der Waals surface area contributed by atoms with Gasteiger partial charge in [-0.1, -0.05) is 25.3 Å². The van der Waals surface area contributed by atoms with Crippen LogP contribution in [0.25, 0.3) is 11.3 Å². The molecule has 3 fully saturated rings. The highest BCUT2D eigenvalue weighted by atomic mass is 32.1. The summed E-state index contributed by atoms with van der Waals surface area (Å²) in [7, 11) is 1.69. The minimum atomic E-state index is -0.126. The lowest BCUT2D eigenvalue weighted by Crippen LogP contribution is -2.60. The van der Waals surface area contributed by atoms with Gasteiger partial charge in [0.15, 0.2) is 5.13 Å². The summed E-state index contributed by atoms with van der Waals surface area (Å²) < 4.78 is 5.69. The number of carbonyl (C=O) groups excluding carboxylic acids is 2. The zero-order valence-electron chi connectivity index (χ0n) is 24.1. The summed E-state index contributed by atoms with van der Waals surface area (Å²) in [5.41, 5.74) is 3.15. The molecule has 1 saturated carbocycles. The van der Waals surface area contributed by atoms with E-state index in [0.29, 0.717) is 24.1 Å². The van der Waals surface area contributed by atoms with Crippen molar-refractivity contribution in [1.29, 1.82) is 0 Å². The van der Waals surface area contributed by atoms with Crippen molar-refractivity contribution in [2.45, 2.75) is 76.8 Å². The molecule has 2 saturated heterocycles. The number of ether oxygens (including phenoxy) is 1. The lowest BCUT2D eigenvalue weighted by molar-refractivity contribution is 0.0927. The standard InChI is InChI=1S/C30H44N6O3S/c1-20(2)32-29(37)35-14-7-10-23(18-35)26-17-31-13-15-36(26)30(38)34-28-33-25(19-40-28)24-16-22(11-12-27(24)39-3)21-8-5-4-6-9-21/h11-12,16,19-21,23,26,31H,4-10,13-15,17-18H2,1-3H3,(H,32,37)(H,33,34,38). The van der Waals surface area contributed by atoms with E-state index in [1.165, 1.54) is 49.0 Å². The third-order valence-electron chi connectivity index (χ3n) is 8.54. The number of likely N-dealkylation sites (tertiary alicyclic amines) is 1. The third-order valence-corrected chi connectivity index (χ3v) is 9.30. The lowest BCUT2D eigenvalue weighted by atomic mass is 9.83. The summed E-state index contributed by atoms with van der Waals surface area (Å²) >= 11 is 1.44. The number of nitrogens with zero attached hydrogens (tertiary/aromatic N) is 3. The SMILES string of the molecule is COc1ccc(C2CCCCC2)cc1-c1csc(NC(=O)N2CCNCC2C2CCCN(C(=O)NC(C)C)C2)n1. The molecule has 10 heteroatoms. The number of methoxy groups -OCH3 is 1. The van der Waals surface area contributed by atoms with Crippen molar-refractivity contribution in [3.05, 3.63) is 29.1 Å². The van der Waals surface area contributed by atoms with Gasteiger partial charge in [-0.25, -0.2) is 14.6 Å². The first-order chi connectivity index (χ1) is 19.4. The molecule has 218 valence electrons. The van der Waals surface area contributed by atoms with Crippen molar-refractivity contribution in [1.82, 2.24) is 25.4 Å². The van der Waals surface area contributed by atoms with Gasteiger partial charge < -0.3 is 25.2 Å². The highest BCUT2D eigenvalue weighted by molar-refractivity contribution is 7.14. The quantitative estimate of drug-likeness (QED) is 0.427. The van der Waals surface area contributed by atoms with E-state index in [0.717, 1.165) is 49.5 Å². The van der Waals surface area contributed by atoms with E-state index >= 15 is 0 Å². The molecule has 3 N–H and O–H groups in total. The minimum Gasteiger partial charge on any atom is -0.496 e. The van der Waals surface area contributed by atoms with Gasteiger partial charge in [0.25, 0.3) is 0 Å². The summed E-state index contributed by atoms with van der Waals surface area (Å²) in [6.45, 7) is 7.48. The molecular weight excluding hydrogens is 524 g/mol. The van der Waals surface area contributed by atoms with Crippen molar-refractivity contribution < 1.29 is 14.3 Å². The molecule has 3 aliphatic rings. The van der Waals surface area contributed by atoms with Crippen LogP contribution in [-0.4, -0.2) is 78.8 Å². The van der Waals surface area contributed by atoms with Crippen LogP contribution in [-0.2, 0) is 0 Å². The number of urea groups is 2. The van der Waals surface area contributed by atoms with Gasteiger partial charge in [-0.3, -0.25) is 5.32 Å². The molecule has 2 aromatic rings. The molecule has 4 amide bonds. The number of thiazole rings is 1. The Morgan fingerprint density at radius 2 is 1.93 bits per heavy atom. The number of nitrogens with one attached hydrogen (secondary N) is 3. The second-order valence-corrected chi connectivity index (χ2v) is 12.5. The number of aromatic nitrogens is 1. The fourth-order valence-corrected chi connectivity index (χ4v) is 7.18. The Morgan fingerprint density at radius 1 is 1.10 bits per heavy atom. The summed E-state index contributed by atoms with van der Waals surface area (Å²) in [4.78, 5) is 34.9. The number of hydrogen-bond acceptors (Lipinski definition) is 6. The predicted octanol–water partition coefficient (Wildman–Crippen LogP) is 5.50. The van der Waals surface area contributed by atoms with Crippen LogP contribution >= 0.6 is 11.3 Å². The maximum atomic E-state index is 13.5. The summed E-state index contributed by atoms with van der Waals surface area (Å²) in [6, 6.07) is 6.45. The first kappa shape index (κ1) is 28.7. The number of benzene rings is 1. The van der Waals surface area contributed by atoms with E-state index < -0.39 is 0 Å². The Balaban J connectivity index is 1.27. The average molecular weight is 569 g/mol. The number of amides is 4. The molecule has 0 bridgehead atoms. The highest BCUT2D eigenvalue weighted by Gasteiger charge is 2.36. The number of rotatable bonds is 6. The van der Waals surface area contributed by atoms with Gasteiger partial charge >= 0.3 is 12.1 Å². The van der Waals surface area contributed by atoms with Crippen LogP contribution in [0.15, 0.2) is 23.6 Å². The molecule has 40 heavy (non-hydrogen) atoms. The Kier molecular flexibility index (Phi) is 9.47. The molecule has 1 aliphatic carbocycles. The van der Waals surface area contributed by atoms with E-state index in [2.05, 4.69) is 34.1 Å². The Labute approximate surface area is 242 Å². The molecule has 2 aliphatic heterocycles. The van der Waals surface area contributed by atoms with Crippen LogP contribution in [0.4, 0.5) is 14.7 Å². The summed E-state index contributed by atoms with van der Waals surface area (Å²) in [6.07, 6.45) is 8.31. The van der Waals surface area contributed by atoms with Crippen LogP contribution < -0.4 is 20.7 Å². The molecule has 2 atom stereocenters. The monoisotopic (exact) mass is 568 g/mol. The Morgan fingerprint density at radius 3 is 2.70 bits per heavy atom. The normalized spacial score (nSPS) is 22.3. The van der Waals surface area contributed by atoms with Gasteiger partial charge in [-0.15, -0.1) is 11.3 Å². The van der Waals surface area contributed by atoms with Gasteiger partial charge in [0.05, 0.1) is 18.8 Å². The van der Waals surface area contributed by atoms with Gasteiger partial charge in [-0.2, -0.15) is 0 Å². The van der Waals surface area contributed by atoms with Crippen LogP contribution in [0.2, 0.25) is 0 Å². The van der Waals surface area contributed by atoms with Crippen LogP contribution in [0, 0.1) is 5.92 Å². The van der Waals surface area contributed by atoms with Crippen molar-refractivity contribution in [2.75, 3.05) is 45.2 Å². The second kappa shape index (κ2) is 13.2. The topological polar surface area (TPSA) is 98.8 Å². The van der Waals surface area contributed by atoms with E-state index in [9.17, 15) is 9.59 Å². The van der Waals surface area contributed by atoms with Crippen molar-refractivity contribution >= 4 is 28.5 Å². The molecule has 2 unspecified atom stereocenters. The lowest BCUT2D eigenvalue weighted by Gasteiger charge is -2.44. The van der Waals surface area contributed by atoms with Crippen molar-refractivity contribution in [3.63, 3.8) is 0 Å². The predicted molar refractivity (Wildman–Crippen MR) is 160 cm³/mol. The number of carbonyl (C=O) groups is 2. The number of piperazine rings is 1. The Bertz CT molecular complexity index is 1160. The fraction of sp³-hybridized carbons (Fsp3) is 0.633. The van der Waals surface area contributed by atoms with Gasteiger partial charge in [0, 0.05) is 49.7 Å². The van der Waals surface area contributed by atoms with E-state index in [-0.39, 0.29) is 30.1 Å². The molecule has 5 rings (SSSR count). The minimum absolute atomic E-state index is 0.0160. The first-order valence-corrected chi connectivity index (χ1v) is 15.8. The first-order valence-electron chi connectivity index (χ1n) is 14.9. The molecule has 0 radical (unpaired) electrons. The van der Waals surface area contributed by atoms with Crippen LogP contribution in [0.1, 0.15) is 70.3 Å². The highest BCUT2D eigenvalue weighted by Crippen LogP contribution is 2.39. The van der Waals surface area contributed by atoms with Crippen molar-refractivity contribution in [3.8, 4) is 17.0 Å². The summed E-state index contributed by atoms with van der Waals surface area (Å²) in [5, 5.41) is 12.1. The number of piperidine rings is 1. The number of hydrogen-bond donors (Lipinski definition) is 3. The summed E-state index contributed by atoms with van der Waals surface area (Å²) in [5.74, 6) is 1.62. The zero-order valence-corrected chi connectivity index (χ0v) is 24.9. The van der Waals surface area contributed by atoms with Crippen LogP contribution in [0.3, 0.4) is 0 Å². The Hall–Kier alpha value is -2.85.